The number of fused-ring (bicyclic) bond motifs is 2. The summed E-state index contributed by atoms with van der Waals surface area (Å²) in [6.45, 7) is 0.0397. The number of hydrogen-bond acceptors (Lipinski definition) is 2. The molecular formula is C24H21FN2O3. The highest BCUT2D eigenvalue weighted by Crippen LogP contribution is 2.20. The van der Waals surface area contributed by atoms with Crippen LogP contribution in [0.1, 0.15) is 11.1 Å². The third-order valence-corrected chi connectivity index (χ3v) is 5.27. The largest absolute Gasteiger partial charge is 0.481 e. The smallest absolute Gasteiger partial charge is 0.308 e. The molecule has 1 atom stereocenters. The summed E-state index contributed by atoms with van der Waals surface area (Å²) in [6.07, 6.45) is 2.09. The van der Waals surface area contributed by atoms with E-state index in [0.29, 0.717) is 11.9 Å². The maximum absolute atomic E-state index is 13.3. The molecule has 0 spiro atoms. The van der Waals surface area contributed by atoms with Crippen LogP contribution in [0.2, 0.25) is 0 Å². The van der Waals surface area contributed by atoms with Gasteiger partial charge in [0.25, 0.3) is 0 Å². The number of aromatic amines is 1. The van der Waals surface area contributed by atoms with Crippen LogP contribution in [0.5, 0.6) is 0 Å². The first kappa shape index (κ1) is 19.6. The molecule has 0 radical (unpaired) electrons. The number of H-pyrrole nitrogens is 1. The zero-order valence-corrected chi connectivity index (χ0v) is 16.2. The second kappa shape index (κ2) is 8.37. The molecule has 0 saturated carbocycles. The number of benzene rings is 3. The van der Waals surface area contributed by atoms with Crippen LogP contribution in [-0.4, -0.2) is 28.5 Å². The third-order valence-electron chi connectivity index (χ3n) is 5.27. The minimum atomic E-state index is -0.953. The van der Waals surface area contributed by atoms with E-state index in [1.54, 1.807) is 12.3 Å². The molecule has 0 aliphatic rings. The molecule has 4 rings (SSSR count). The van der Waals surface area contributed by atoms with Gasteiger partial charge in [0.15, 0.2) is 0 Å². The van der Waals surface area contributed by atoms with Crippen molar-refractivity contribution in [1.82, 2.24) is 10.3 Å². The molecule has 30 heavy (non-hydrogen) atoms. The second-order valence-electron chi connectivity index (χ2n) is 7.41. The van der Waals surface area contributed by atoms with Crippen molar-refractivity contribution in [3.63, 3.8) is 0 Å². The zero-order chi connectivity index (χ0) is 21.1. The molecular weight excluding hydrogens is 383 g/mol. The molecule has 0 bridgehead atoms. The average Bonchev–Trinajstić information content (AvgIpc) is 3.12. The Kier molecular flexibility index (Phi) is 5.48. The van der Waals surface area contributed by atoms with E-state index in [1.165, 1.54) is 12.1 Å². The summed E-state index contributed by atoms with van der Waals surface area (Å²) >= 11 is 0. The van der Waals surface area contributed by atoms with Crippen LogP contribution in [0, 0.1) is 11.7 Å². The van der Waals surface area contributed by atoms with Gasteiger partial charge in [0, 0.05) is 23.6 Å². The number of aliphatic carboxylic acids is 1. The van der Waals surface area contributed by atoms with Crippen molar-refractivity contribution in [3.8, 4) is 0 Å². The van der Waals surface area contributed by atoms with Crippen LogP contribution in [0.15, 0.2) is 66.9 Å². The Morgan fingerprint density at radius 2 is 1.83 bits per heavy atom. The molecule has 3 N–H and O–H groups in total. The Morgan fingerprint density at radius 1 is 1.03 bits per heavy atom. The summed E-state index contributed by atoms with van der Waals surface area (Å²) in [7, 11) is 0. The van der Waals surface area contributed by atoms with Crippen LogP contribution in [0.25, 0.3) is 21.7 Å². The molecule has 4 aromatic rings. The van der Waals surface area contributed by atoms with E-state index in [0.717, 1.165) is 27.3 Å². The standard InChI is InChI=1S/C24H21FN2O3/c25-20-7-8-21-18(13-26-22(21)12-20)11-23(28)27-14-19(24(29)30)10-15-5-6-16-3-1-2-4-17(16)9-15/h1-9,12-13,19,26H,10-11,14H2,(H,27,28)(H,29,30). The van der Waals surface area contributed by atoms with Gasteiger partial charge in [-0.2, -0.15) is 0 Å². The number of carbonyl (C=O) groups is 2. The number of nitrogens with one attached hydrogen (secondary N) is 2. The van der Waals surface area contributed by atoms with E-state index in [1.807, 2.05) is 42.5 Å². The first-order chi connectivity index (χ1) is 14.5. The fraction of sp³-hybridized carbons (Fsp3) is 0.167. The van der Waals surface area contributed by atoms with Gasteiger partial charge in [0.05, 0.1) is 12.3 Å². The Bertz CT molecular complexity index is 1230. The Labute approximate surface area is 172 Å². The summed E-state index contributed by atoms with van der Waals surface area (Å²) < 4.78 is 13.3. The number of halogens is 1. The number of hydrogen-bond donors (Lipinski definition) is 3. The van der Waals surface area contributed by atoms with Crippen molar-refractivity contribution < 1.29 is 19.1 Å². The predicted molar refractivity (Wildman–Crippen MR) is 114 cm³/mol. The molecule has 1 unspecified atom stereocenters. The lowest BCUT2D eigenvalue weighted by atomic mass is 9.97. The van der Waals surface area contributed by atoms with Gasteiger partial charge < -0.3 is 15.4 Å². The first-order valence-electron chi connectivity index (χ1n) is 9.72. The lowest BCUT2D eigenvalue weighted by Crippen LogP contribution is -2.34. The van der Waals surface area contributed by atoms with Crippen molar-refractivity contribution in [2.45, 2.75) is 12.8 Å². The molecule has 5 nitrogen and oxygen atoms in total. The maximum atomic E-state index is 13.3. The molecule has 1 aromatic heterocycles. The highest BCUT2D eigenvalue weighted by molar-refractivity contribution is 5.89. The highest BCUT2D eigenvalue weighted by Gasteiger charge is 2.20. The Balaban J connectivity index is 1.40. The van der Waals surface area contributed by atoms with E-state index in [9.17, 15) is 19.1 Å². The second-order valence-corrected chi connectivity index (χ2v) is 7.41. The van der Waals surface area contributed by atoms with Gasteiger partial charge in [0.1, 0.15) is 5.82 Å². The summed E-state index contributed by atoms with van der Waals surface area (Å²) in [4.78, 5) is 27.0. The number of carbonyl (C=O) groups excluding carboxylic acids is 1. The predicted octanol–water partition coefficient (Wildman–Crippen LogP) is 4.06. The lowest BCUT2D eigenvalue weighted by molar-refractivity contribution is -0.141. The minimum Gasteiger partial charge on any atom is -0.481 e. The fourth-order valence-corrected chi connectivity index (χ4v) is 3.67. The molecule has 6 heteroatoms. The van der Waals surface area contributed by atoms with Gasteiger partial charge in [-0.05, 0) is 46.5 Å². The zero-order valence-electron chi connectivity index (χ0n) is 16.2. The van der Waals surface area contributed by atoms with Gasteiger partial charge in [-0.15, -0.1) is 0 Å². The molecule has 0 aliphatic heterocycles. The summed E-state index contributed by atoms with van der Waals surface area (Å²) in [5, 5.41) is 15.2. The topological polar surface area (TPSA) is 82.2 Å². The highest BCUT2D eigenvalue weighted by atomic mass is 19.1. The van der Waals surface area contributed by atoms with Gasteiger partial charge in [0.2, 0.25) is 5.91 Å². The number of amides is 1. The normalized spacial score (nSPS) is 12.2. The summed E-state index contributed by atoms with van der Waals surface area (Å²) in [5.74, 6) is -2.30. The van der Waals surface area contributed by atoms with Gasteiger partial charge in [-0.25, -0.2) is 4.39 Å². The van der Waals surface area contributed by atoms with E-state index in [2.05, 4.69) is 10.3 Å². The van der Waals surface area contributed by atoms with Crippen LogP contribution in [0.4, 0.5) is 4.39 Å². The van der Waals surface area contributed by atoms with Crippen molar-refractivity contribution in [3.05, 3.63) is 83.8 Å². The van der Waals surface area contributed by atoms with Crippen LogP contribution in [-0.2, 0) is 22.4 Å². The number of carboxylic acid groups (broad SMARTS) is 1. The molecule has 1 heterocycles. The molecule has 1 amide bonds. The molecule has 0 aliphatic carbocycles. The Morgan fingerprint density at radius 3 is 2.63 bits per heavy atom. The third kappa shape index (κ3) is 4.33. The quantitative estimate of drug-likeness (QED) is 0.434. The van der Waals surface area contributed by atoms with Crippen molar-refractivity contribution in [2.24, 2.45) is 5.92 Å². The summed E-state index contributed by atoms with van der Waals surface area (Å²) in [5.41, 5.74) is 2.27. The number of aromatic nitrogens is 1. The van der Waals surface area contributed by atoms with E-state index in [-0.39, 0.29) is 24.7 Å². The molecule has 0 fully saturated rings. The average molecular weight is 404 g/mol. The molecule has 3 aromatic carbocycles. The van der Waals surface area contributed by atoms with Gasteiger partial charge in [-0.1, -0.05) is 42.5 Å². The molecule has 152 valence electrons. The monoisotopic (exact) mass is 404 g/mol. The lowest BCUT2D eigenvalue weighted by Gasteiger charge is -2.14. The van der Waals surface area contributed by atoms with Gasteiger partial charge >= 0.3 is 5.97 Å². The fourth-order valence-electron chi connectivity index (χ4n) is 3.67. The van der Waals surface area contributed by atoms with Crippen molar-refractivity contribution >= 4 is 33.6 Å². The number of carboxylic acids is 1. The van der Waals surface area contributed by atoms with Gasteiger partial charge in [-0.3, -0.25) is 9.59 Å². The van der Waals surface area contributed by atoms with Crippen molar-refractivity contribution in [1.29, 1.82) is 0 Å². The van der Waals surface area contributed by atoms with Crippen molar-refractivity contribution in [2.75, 3.05) is 6.54 Å². The SMILES string of the molecule is O=C(Cc1c[nH]c2cc(F)ccc12)NCC(Cc1ccc2ccccc2c1)C(=O)O. The minimum absolute atomic E-state index is 0.0397. The van der Waals surface area contributed by atoms with E-state index >= 15 is 0 Å². The molecule has 0 saturated heterocycles. The van der Waals surface area contributed by atoms with E-state index in [4.69, 9.17) is 0 Å². The van der Waals surface area contributed by atoms with E-state index < -0.39 is 11.9 Å². The number of rotatable bonds is 7. The maximum Gasteiger partial charge on any atom is 0.308 e. The first-order valence-corrected chi connectivity index (χ1v) is 9.72. The Hall–Kier alpha value is -3.67. The van der Waals surface area contributed by atoms with Crippen LogP contribution < -0.4 is 5.32 Å². The van der Waals surface area contributed by atoms with Crippen LogP contribution >= 0.6 is 0 Å². The summed E-state index contributed by atoms with van der Waals surface area (Å²) in [6, 6.07) is 18.1. The van der Waals surface area contributed by atoms with Crippen LogP contribution in [0.3, 0.4) is 0 Å².